The molecule has 0 radical (unpaired) electrons. The van der Waals surface area contributed by atoms with Crippen molar-refractivity contribution in [1.29, 1.82) is 0 Å². The quantitative estimate of drug-likeness (QED) is 0.420. The lowest BCUT2D eigenvalue weighted by Crippen LogP contribution is -2.05. The van der Waals surface area contributed by atoms with E-state index in [0.717, 1.165) is 12.0 Å². The number of hydrogen-bond donors (Lipinski definition) is 0. The summed E-state index contributed by atoms with van der Waals surface area (Å²) >= 11 is 0. The summed E-state index contributed by atoms with van der Waals surface area (Å²) < 4.78 is 10.5. The lowest BCUT2D eigenvalue weighted by Gasteiger charge is -2.03. The van der Waals surface area contributed by atoms with Crippen molar-refractivity contribution in [2.45, 2.75) is 39.0 Å². The summed E-state index contributed by atoms with van der Waals surface area (Å²) in [7, 11) is 0. The fourth-order valence-corrected chi connectivity index (χ4v) is 2.61. The first-order valence-corrected chi connectivity index (χ1v) is 8.41. The molecule has 0 amide bonds. The second-order valence-corrected chi connectivity index (χ2v) is 5.86. The van der Waals surface area contributed by atoms with Gasteiger partial charge in [0, 0.05) is 11.6 Å². The molecule has 4 nitrogen and oxygen atoms in total. The zero-order chi connectivity index (χ0) is 16.8. The fourth-order valence-electron chi connectivity index (χ4n) is 2.61. The Balaban J connectivity index is 1.67. The molecular weight excluding hydrogens is 302 g/mol. The molecule has 3 rings (SSSR count). The number of carbonyl (C=O) groups excluding carboxylic acids is 1. The molecule has 1 aliphatic heterocycles. The Bertz CT molecular complexity index is 740. The highest BCUT2D eigenvalue weighted by Crippen LogP contribution is 2.20. The van der Waals surface area contributed by atoms with Crippen LogP contribution in [0.2, 0.25) is 0 Å². The molecule has 24 heavy (non-hydrogen) atoms. The number of benzene rings is 1. The summed E-state index contributed by atoms with van der Waals surface area (Å²) in [4.78, 5) is 16.2. The second-order valence-electron chi connectivity index (χ2n) is 5.86. The van der Waals surface area contributed by atoms with Crippen LogP contribution < -0.4 is 0 Å². The van der Waals surface area contributed by atoms with Crippen LogP contribution in [0.3, 0.4) is 0 Å². The van der Waals surface area contributed by atoms with Crippen LogP contribution in [0, 0.1) is 0 Å². The molecule has 2 aromatic rings. The van der Waals surface area contributed by atoms with E-state index in [1.807, 2.05) is 12.1 Å². The molecule has 1 aromatic heterocycles. The van der Waals surface area contributed by atoms with E-state index in [9.17, 15) is 4.79 Å². The van der Waals surface area contributed by atoms with Gasteiger partial charge in [-0.25, -0.2) is 9.79 Å². The SMILES string of the molecule is CCCCCCc1ccc(C2=N/C(=C\c3ccco3)C(=O)O2)cc1. The third kappa shape index (κ3) is 4.02. The number of ether oxygens (including phenoxy) is 1. The summed E-state index contributed by atoms with van der Waals surface area (Å²) in [5.41, 5.74) is 2.36. The lowest BCUT2D eigenvalue weighted by molar-refractivity contribution is -0.129. The van der Waals surface area contributed by atoms with E-state index >= 15 is 0 Å². The molecule has 4 heteroatoms. The van der Waals surface area contributed by atoms with Crippen LogP contribution in [-0.4, -0.2) is 11.9 Å². The summed E-state index contributed by atoms with van der Waals surface area (Å²) in [6.07, 6.45) is 9.22. The number of aliphatic imine (C=N–C) groups is 1. The number of cyclic esters (lactones) is 1. The van der Waals surface area contributed by atoms with Crippen LogP contribution in [0.15, 0.2) is 57.8 Å². The molecule has 0 unspecified atom stereocenters. The van der Waals surface area contributed by atoms with E-state index in [0.29, 0.717) is 11.7 Å². The first kappa shape index (κ1) is 16.2. The van der Waals surface area contributed by atoms with Gasteiger partial charge in [0.15, 0.2) is 5.70 Å². The highest BCUT2D eigenvalue weighted by Gasteiger charge is 2.24. The minimum Gasteiger partial charge on any atom is -0.465 e. The summed E-state index contributed by atoms with van der Waals surface area (Å²) in [6.45, 7) is 2.22. The van der Waals surface area contributed by atoms with Gasteiger partial charge in [0.25, 0.3) is 0 Å². The van der Waals surface area contributed by atoms with Crippen LogP contribution in [0.5, 0.6) is 0 Å². The van der Waals surface area contributed by atoms with Crippen LogP contribution in [0.4, 0.5) is 0 Å². The lowest BCUT2D eigenvalue weighted by atomic mass is 10.0. The van der Waals surface area contributed by atoms with Crippen molar-refractivity contribution in [3.63, 3.8) is 0 Å². The van der Waals surface area contributed by atoms with Crippen molar-refractivity contribution in [2.24, 2.45) is 4.99 Å². The number of aryl methyl sites for hydroxylation is 1. The molecule has 2 heterocycles. The molecule has 0 bridgehead atoms. The molecule has 0 saturated carbocycles. The predicted octanol–water partition coefficient (Wildman–Crippen LogP) is 4.75. The van der Waals surface area contributed by atoms with Gasteiger partial charge in [-0.1, -0.05) is 38.3 Å². The van der Waals surface area contributed by atoms with E-state index in [1.54, 1.807) is 24.5 Å². The minimum absolute atomic E-state index is 0.253. The monoisotopic (exact) mass is 323 g/mol. The van der Waals surface area contributed by atoms with Crippen molar-refractivity contribution in [2.75, 3.05) is 0 Å². The average molecular weight is 323 g/mol. The van der Waals surface area contributed by atoms with E-state index in [1.165, 1.54) is 31.2 Å². The number of nitrogens with zero attached hydrogens (tertiary/aromatic N) is 1. The number of rotatable bonds is 7. The van der Waals surface area contributed by atoms with Gasteiger partial charge in [-0.15, -0.1) is 0 Å². The summed E-state index contributed by atoms with van der Waals surface area (Å²) in [5.74, 6) is 0.467. The molecule has 0 saturated heterocycles. The van der Waals surface area contributed by atoms with Crippen LogP contribution >= 0.6 is 0 Å². The molecule has 0 atom stereocenters. The fraction of sp³-hybridized carbons (Fsp3) is 0.300. The summed E-state index contributed by atoms with van der Waals surface area (Å²) in [5, 5.41) is 0. The highest BCUT2D eigenvalue weighted by atomic mass is 16.6. The van der Waals surface area contributed by atoms with Crippen LogP contribution in [0.25, 0.3) is 6.08 Å². The Kier molecular flexibility index (Phi) is 5.26. The van der Waals surface area contributed by atoms with Gasteiger partial charge in [-0.2, -0.15) is 0 Å². The topological polar surface area (TPSA) is 51.8 Å². The Morgan fingerprint density at radius 3 is 2.62 bits per heavy atom. The van der Waals surface area contributed by atoms with E-state index < -0.39 is 5.97 Å². The standard InChI is InChI=1S/C20H21NO3/c1-2-3-4-5-7-15-9-11-16(12-10-15)19-21-18(20(22)24-19)14-17-8-6-13-23-17/h6,8-14H,2-5,7H2,1H3/b18-14-. The summed E-state index contributed by atoms with van der Waals surface area (Å²) in [6, 6.07) is 11.6. The first-order chi connectivity index (χ1) is 11.8. The van der Waals surface area contributed by atoms with Crippen molar-refractivity contribution < 1.29 is 13.9 Å². The minimum atomic E-state index is -0.454. The van der Waals surface area contributed by atoms with Crippen LogP contribution in [-0.2, 0) is 16.0 Å². The van der Waals surface area contributed by atoms with Gasteiger partial charge in [0.2, 0.25) is 5.90 Å². The van der Waals surface area contributed by atoms with E-state index in [2.05, 4.69) is 24.0 Å². The molecule has 0 fully saturated rings. The zero-order valence-electron chi connectivity index (χ0n) is 13.8. The van der Waals surface area contributed by atoms with Gasteiger partial charge in [-0.05, 0) is 42.7 Å². The number of carbonyl (C=O) groups is 1. The van der Waals surface area contributed by atoms with Crippen molar-refractivity contribution in [3.05, 3.63) is 65.2 Å². The molecular formula is C20H21NO3. The Hall–Kier alpha value is -2.62. The largest absolute Gasteiger partial charge is 0.465 e. The van der Waals surface area contributed by atoms with E-state index in [4.69, 9.17) is 9.15 Å². The van der Waals surface area contributed by atoms with Crippen LogP contribution in [0.1, 0.15) is 49.5 Å². The van der Waals surface area contributed by atoms with Crippen molar-refractivity contribution in [3.8, 4) is 0 Å². The zero-order valence-corrected chi connectivity index (χ0v) is 13.8. The van der Waals surface area contributed by atoms with Gasteiger partial charge >= 0.3 is 5.97 Å². The maximum atomic E-state index is 11.9. The van der Waals surface area contributed by atoms with Gasteiger partial charge < -0.3 is 9.15 Å². The average Bonchev–Trinajstić information content (AvgIpc) is 3.23. The van der Waals surface area contributed by atoms with Crippen molar-refractivity contribution >= 4 is 17.9 Å². The number of unbranched alkanes of at least 4 members (excludes halogenated alkanes) is 3. The second kappa shape index (κ2) is 7.77. The maximum absolute atomic E-state index is 11.9. The predicted molar refractivity (Wildman–Crippen MR) is 93.6 cm³/mol. The smallest absolute Gasteiger partial charge is 0.363 e. The Morgan fingerprint density at radius 1 is 1.08 bits per heavy atom. The number of esters is 1. The molecule has 0 aliphatic carbocycles. The third-order valence-electron chi connectivity index (χ3n) is 3.96. The maximum Gasteiger partial charge on any atom is 0.363 e. The molecule has 0 spiro atoms. The molecule has 124 valence electrons. The van der Waals surface area contributed by atoms with Gasteiger partial charge in [0.1, 0.15) is 5.76 Å². The third-order valence-corrected chi connectivity index (χ3v) is 3.96. The van der Waals surface area contributed by atoms with Gasteiger partial charge in [0.05, 0.1) is 6.26 Å². The molecule has 1 aliphatic rings. The van der Waals surface area contributed by atoms with E-state index in [-0.39, 0.29) is 5.70 Å². The first-order valence-electron chi connectivity index (χ1n) is 8.41. The Labute approximate surface area is 141 Å². The molecule has 0 N–H and O–H groups in total. The Morgan fingerprint density at radius 2 is 1.92 bits per heavy atom. The number of hydrogen-bond acceptors (Lipinski definition) is 4. The highest BCUT2D eigenvalue weighted by molar-refractivity contribution is 6.12. The normalized spacial score (nSPS) is 15.6. The van der Waals surface area contributed by atoms with Gasteiger partial charge in [-0.3, -0.25) is 0 Å². The number of furan rings is 1. The molecule has 1 aromatic carbocycles. The van der Waals surface area contributed by atoms with Crippen molar-refractivity contribution in [1.82, 2.24) is 0 Å².